The molecule has 0 aromatic carbocycles. The van der Waals surface area contributed by atoms with Crippen LogP contribution in [0.5, 0.6) is 0 Å². The molecular weight excluding hydrogens is 110 g/mol. The Labute approximate surface area is 56.6 Å². The summed E-state index contributed by atoms with van der Waals surface area (Å²) >= 11 is 0. The van der Waals surface area contributed by atoms with Crippen molar-refractivity contribution in [2.24, 2.45) is 17.1 Å². The summed E-state index contributed by atoms with van der Waals surface area (Å²) in [5, 5.41) is 0. The molecule has 2 aliphatic carbocycles. The average molecular weight is 125 g/mol. The maximum Gasteiger partial charge on any atom is 0.0101 e. The van der Waals surface area contributed by atoms with Crippen molar-refractivity contribution in [2.45, 2.75) is 38.6 Å². The van der Waals surface area contributed by atoms with E-state index in [1.54, 1.807) is 0 Å². The van der Waals surface area contributed by atoms with Gasteiger partial charge in [0.1, 0.15) is 0 Å². The minimum atomic E-state index is 0.557. The molecular formula is C8H15N. The summed E-state index contributed by atoms with van der Waals surface area (Å²) in [6.07, 6.45) is 5.50. The highest BCUT2D eigenvalue weighted by atomic mass is 14.8. The van der Waals surface area contributed by atoms with Crippen LogP contribution in [-0.4, -0.2) is 6.04 Å². The van der Waals surface area contributed by atoms with Crippen LogP contribution in [0, 0.1) is 11.3 Å². The summed E-state index contributed by atoms with van der Waals surface area (Å²) in [5.74, 6) is 1.03. The fourth-order valence-corrected chi connectivity index (χ4v) is 2.67. The lowest BCUT2D eigenvalue weighted by Crippen LogP contribution is -2.63. The van der Waals surface area contributed by atoms with Crippen LogP contribution in [0.25, 0.3) is 0 Å². The average Bonchev–Trinajstić information content (AvgIpc) is 1.84. The second kappa shape index (κ2) is 1.51. The van der Waals surface area contributed by atoms with Crippen LogP contribution in [-0.2, 0) is 0 Å². The van der Waals surface area contributed by atoms with E-state index in [1.165, 1.54) is 25.7 Å². The molecule has 2 saturated carbocycles. The van der Waals surface area contributed by atoms with E-state index in [0.29, 0.717) is 11.5 Å². The Hall–Kier alpha value is -0.0400. The quantitative estimate of drug-likeness (QED) is 0.565. The zero-order chi connectivity index (χ0) is 6.48. The number of nitrogens with two attached hydrogens (primary N) is 1. The molecule has 2 fully saturated rings. The lowest BCUT2D eigenvalue weighted by atomic mass is 9.44. The molecule has 0 aromatic heterocycles. The third-order valence-corrected chi connectivity index (χ3v) is 3.71. The molecule has 1 nitrogen and oxygen atoms in total. The lowest BCUT2D eigenvalue weighted by Gasteiger charge is -2.63. The molecule has 2 rings (SSSR count). The zero-order valence-electron chi connectivity index (χ0n) is 6.06. The van der Waals surface area contributed by atoms with Crippen molar-refractivity contribution in [1.82, 2.24) is 0 Å². The predicted octanol–water partition coefficient (Wildman–Crippen LogP) is 1.52. The molecule has 0 amide bonds. The summed E-state index contributed by atoms with van der Waals surface area (Å²) in [4.78, 5) is 0. The molecule has 0 saturated heterocycles. The Bertz CT molecular complexity index is 123. The fraction of sp³-hybridized carbons (Fsp3) is 1.00. The third-order valence-electron chi connectivity index (χ3n) is 3.71. The van der Waals surface area contributed by atoms with Crippen LogP contribution >= 0.6 is 0 Å². The van der Waals surface area contributed by atoms with Gasteiger partial charge in [0.2, 0.25) is 0 Å². The topological polar surface area (TPSA) is 26.0 Å². The SMILES string of the molecule is CCC12CCC1CC2N. The van der Waals surface area contributed by atoms with Crippen LogP contribution in [0.3, 0.4) is 0 Å². The second-order valence-corrected chi connectivity index (χ2v) is 3.66. The maximum absolute atomic E-state index is 5.91. The van der Waals surface area contributed by atoms with Crippen molar-refractivity contribution in [3.05, 3.63) is 0 Å². The van der Waals surface area contributed by atoms with E-state index in [9.17, 15) is 0 Å². The first-order chi connectivity index (χ1) is 4.29. The van der Waals surface area contributed by atoms with Crippen molar-refractivity contribution in [3.63, 3.8) is 0 Å². The van der Waals surface area contributed by atoms with Gasteiger partial charge in [0.05, 0.1) is 0 Å². The van der Waals surface area contributed by atoms with Crippen LogP contribution in [0.1, 0.15) is 32.6 Å². The van der Waals surface area contributed by atoms with Crippen LogP contribution in [0.4, 0.5) is 0 Å². The van der Waals surface area contributed by atoms with E-state index in [4.69, 9.17) is 5.73 Å². The van der Waals surface area contributed by atoms with Gasteiger partial charge in [-0.2, -0.15) is 0 Å². The lowest BCUT2D eigenvalue weighted by molar-refractivity contribution is -0.100. The molecule has 2 aliphatic rings. The van der Waals surface area contributed by atoms with Crippen molar-refractivity contribution in [1.29, 1.82) is 0 Å². The van der Waals surface area contributed by atoms with E-state index < -0.39 is 0 Å². The van der Waals surface area contributed by atoms with E-state index in [2.05, 4.69) is 6.92 Å². The molecule has 9 heavy (non-hydrogen) atoms. The molecule has 0 radical (unpaired) electrons. The van der Waals surface area contributed by atoms with Gasteiger partial charge in [-0.1, -0.05) is 6.92 Å². The first kappa shape index (κ1) is 5.72. The first-order valence-corrected chi connectivity index (χ1v) is 4.05. The highest BCUT2D eigenvalue weighted by Crippen LogP contribution is 2.61. The summed E-state index contributed by atoms with van der Waals surface area (Å²) < 4.78 is 0. The predicted molar refractivity (Wildman–Crippen MR) is 38.0 cm³/mol. The standard InChI is InChI=1S/C8H15N/c1-2-8-4-3-6(8)5-7(8)9/h6-7H,2-5,9H2,1H3. The van der Waals surface area contributed by atoms with Gasteiger partial charge >= 0.3 is 0 Å². The van der Waals surface area contributed by atoms with E-state index in [-0.39, 0.29) is 0 Å². The van der Waals surface area contributed by atoms with Gasteiger partial charge in [-0.25, -0.2) is 0 Å². The molecule has 1 heteroatoms. The molecule has 0 bridgehead atoms. The van der Waals surface area contributed by atoms with Gasteiger partial charge in [-0.05, 0) is 37.0 Å². The van der Waals surface area contributed by atoms with E-state index in [0.717, 1.165) is 5.92 Å². The van der Waals surface area contributed by atoms with Crippen LogP contribution in [0.2, 0.25) is 0 Å². The molecule has 0 spiro atoms. The van der Waals surface area contributed by atoms with Crippen molar-refractivity contribution >= 4 is 0 Å². The van der Waals surface area contributed by atoms with Crippen LogP contribution in [0.15, 0.2) is 0 Å². The smallest absolute Gasteiger partial charge is 0.0101 e. The molecule has 0 aliphatic heterocycles. The minimum Gasteiger partial charge on any atom is -0.327 e. The number of hydrogen-bond donors (Lipinski definition) is 1. The zero-order valence-corrected chi connectivity index (χ0v) is 6.06. The fourth-order valence-electron chi connectivity index (χ4n) is 2.67. The number of hydrogen-bond acceptors (Lipinski definition) is 1. The third kappa shape index (κ3) is 0.454. The van der Waals surface area contributed by atoms with E-state index >= 15 is 0 Å². The second-order valence-electron chi connectivity index (χ2n) is 3.66. The molecule has 2 N–H and O–H groups in total. The summed E-state index contributed by atoms with van der Waals surface area (Å²) in [5.41, 5.74) is 6.55. The summed E-state index contributed by atoms with van der Waals surface area (Å²) in [6, 6.07) is 0.557. The monoisotopic (exact) mass is 125 g/mol. The molecule has 52 valence electrons. The summed E-state index contributed by atoms with van der Waals surface area (Å²) in [6.45, 7) is 2.28. The summed E-state index contributed by atoms with van der Waals surface area (Å²) in [7, 11) is 0. The Kier molecular flexibility index (Phi) is 0.963. The largest absolute Gasteiger partial charge is 0.327 e. The molecule has 3 unspecified atom stereocenters. The van der Waals surface area contributed by atoms with Crippen molar-refractivity contribution in [2.75, 3.05) is 0 Å². The Morgan fingerprint density at radius 1 is 1.67 bits per heavy atom. The van der Waals surface area contributed by atoms with Crippen LogP contribution < -0.4 is 5.73 Å². The van der Waals surface area contributed by atoms with Crippen molar-refractivity contribution < 1.29 is 0 Å². The van der Waals surface area contributed by atoms with Gasteiger partial charge in [0.25, 0.3) is 0 Å². The Morgan fingerprint density at radius 3 is 2.56 bits per heavy atom. The van der Waals surface area contributed by atoms with Gasteiger partial charge in [0, 0.05) is 6.04 Å². The highest BCUT2D eigenvalue weighted by Gasteiger charge is 2.57. The van der Waals surface area contributed by atoms with Gasteiger partial charge in [-0.3, -0.25) is 0 Å². The van der Waals surface area contributed by atoms with Crippen molar-refractivity contribution in [3.8, 4) is 0 Å². The Balaban J connectivity index is 2.09. The molecule has 0 aromatic rings. The number of fused-ring (bicyclic) bond motifs is 1. The van der Waals surface area contributed by atoms with E-state index in [1.807, 2.05) is 0 Å². The first-order valence-electron chi connectivity index (χ1n) is 4.05. The highest BCUT2D eigenvalue weighted by molar-refractivity contribution is 5.10. The van der Waals surface area contributed by atoms with Gasteiger partial charge < -0.3 is 5.73 Å². The minimum absolute atomic E-state index is 0.557. The van der Waals surface area contributed by atoms with Gasteiger partial charge in [-0.15, -0.1) is 0 Å². The maximum atomic E-state index is 5.91. The molecule has 3 atom stereocenters. The molecule has 0 heterocycles. The normalized spacial score (nSPS) is 55.3. The number of rotatable bonds is 1. The Morgan fingerprint density at radius 2 is 2.44 bits per heavy atom. The van der Waals surface area contributed by atoms with Gasteiger partial charge in [0.15, 0.2) is 0 Å².